The zero-order chi connectivity index (χ0) is 13.7. The number of piperidine rings is 1. The number of hydrogen-bond acceptors (Lipinski definition) is 3. The van der Waals surface area contributed by atoms with E-state index in [9.17, 15) is 14.3 Å². The van der Waals surface area contributed by atoms with E-state index in [1.165, 1.54) is 6.07 Å². The number of nitrogens with one attached hydrogen (secondary N) is 1. The smallest absolute Gasteiger partial charge is 0.225 e. The van der Waals surface area contributed by atoms with Crippen LogP contribution in [0.4, 0.5) is 10.1 Å². The van der Waals surface area contributed by atoms with Crippen molar-refractivity contribution in [2.24, 2.45) is 0 Å². The summed E-state index contributed by atoms with van der Waals surface area (Å²) in [7, 11) is 0. The first-order chi connectivity index (χ1) is 9.15. The molecule has 0 spiro atoms. The minimum atomic E-state index is -0.419. The minimum absolute atomic E-state index is 0.184. The molecule has 1 aliphatic rings. The number of benzene rings is 1. The fourth-order valence-electron chi connectivity index (χ4n) is 2.18. The van der Waals surface area contributed by atoms with Crippen LogP contribution in [0.25, 0.3) is 0 Å². The molecule has 2 rings (SSSR count). The highest BCUT2D eigenvalue weighted by atomic mass is 19.1. The van der Waals surface area contributed by atoms with E-state index in [-0.39, 0.29) is 17.7 Å². The standard InChI is InChI=1S/C14H19FN2O2/c15-12-3-1-2-4-13(12)16-14(19)7-10-17-8-5-11(18)6-9-17/h1-4,11,18H,5-10H2,(H,16,19). The predicted molar refractivity (Wildman–Crippen MR) is 71.3 cm³/mol. The third-order valence-electron chi connectivity index (χ3n) is 3.36. The summed E-state index contributed by atoms with van der Waals surface area (Å²) in [4.78, 5) is 13.9. The first kappa shape index (κ1) is 14.0. The van der Waals surface area contributed by atoms with Gasteiger partial charge in [0.2, 0.25) is 5.91 Å². The Hall–Kier alpha value is -1.46. The Labute approximate surface area is 112 Å². The second-order valence-corrected chi connectivity index (χ2v) is 4.85. The first-order valence-corrected chi connectivity index (χ1v) is 6.60. The Morgan fingerprint density at radius 3 is 2.74 bits per heavy atom. The Bertz CT molecular complexity index is 431. The number of amides is 1. The van der Waals surface area contributed by atoms with Crippen molar-refractivity contribution in [2.45, 2.75) is 25.4 Å². The van der Waals surface area contributed by atoms with E-state index in [1.54, 1.807) is 18.2 Å². The summed E-state index contributed by atoms with van der Waals surface area (Å²) in [5, 5.41) is 12.0. The van der Waals surface area contributed by atoms with Gasteiger partial charge in [0.15, 0.2) is 0 Å². The molecular formula is C14H19FN2O2. The van der Waals surface area contributed by atoms with Crippen LogP contribution in [0, 0.1) is 5.82 Å². The number of aliphatic hydroxyl groups is 1. The van der Waals surface area contributed by atoms with Gasteiger partial charge in [-0.25, -0.2) is 4.39 Å². The summed E-state index contributed by atoms with van der Waals surface area (Å²) in [5.41, 5.74) is 0.224. The lowest BCUT2D eigenvalue weighted by molar-refractivity contribution is -0.116. The molecule has 1 amide bonds. The SMILES string of the molecule is O=C(CCN1CCC(O)CC1)Nc1ccccc1F. The molecule has 0 unspecified atom stereocenters. The third kappa shape index (κ3) is 4.29. The van der Waals surface area contributed by atoms with Crippen molar-refractivity contribution in [1.29, 1.82) is 0 Å². The number of anilines is 1. The number of likely N-dealkylation sites (tertiary alicyclic amines) is 1. The fourth-order valence-corrected chi connectivity index (χ4v) is 2.18. The number of para-hydroxylation sites is 1. The van der Waals surface area contributed by atoms with Crippen LogP contribution in [0.15, 0.2) is 24.3 Å². The normalized spacial score (nSPS) is 17.4. The maximum Gasteiger partial charge on any atom is 0.225 e. The van der Waals surface area contributed by atoms with Gasteiger partial charge in [-0.1, -0.05) is 12.1 Å². The van der Waals surface area contributed by atoms with Gasteiger partial charge in [-0.3, -0.25) is 4.79 Å². The maximum atomic E-state index is 13.3. The Morgan fingerprint density at radius 2 is 2.05 bits per heavy atom. The van der Waals surface area contributed by atoms with Gasteiger partial charge in [-0.05, 0) is 25.0 Å². The largest absolute Gasteiger partial charge is 0.393 e. The van der Waals surface area contributed by atoms with E-state index in [0.717, 1.165) is 25.9 Å². The quantitative estimate of drug-likeness (QED) is 0.870. The summed E-state index contributed by atoms with van der Waals surface area (Å²) in [6.45, 7) is 2.27. The predicted octanol–water partition coefficient (Wildman–Crippen LogP) is 1.61. The van der Waals surface area contributed by atoms with Crippen molar-refractivity contribution in [1.82, 2.24) is 4.90 Å². The summed E-state index contributed by atoms with van der Waals surface area (Å²) in [6, 6.07) is 6.14. The Morgan fingerprint density at radius 1 is 1.37 bits per heavy atom. The Balaban J connectivity index is 1.74. The van der Waals surface area contributed by atoms with Crippen molar-refractivity contribution in [3.8, 4) is 0 Å². The molecule has 0 aliphatic carbocycles. The van der Waals surface area contributed by atoms with Crippen LogP contribution in [-0.2, 0) is 4.79 Å². The van der Waals surface area contributed by atoms with Crippen molar-refractivity contribution >= 4 is 11.6 Å². The molecule has 0 aromatic heterocycles. The molecule has 1 aromatic rings. The van der Waals surface area contributed by atoms with Gasteiger partial charge >= 0.3 is 0 Å². The molecule has 1 saturated heterocycles. The molecule has 104 valence electrons. The number of rotatable bonds is 4. The van der Waals surface area contributed by atoms with E-state index < -0.39 is 5.82 Å². The molecule has 1 aromatic carbocycles. The summed E-state index contributed by atoms with van der Waals surface area (Å²) >= 11 is 0. The molecule has 2 N–H and O–H groups in total. The summed E-state index contributed by atoms with van der Waals surface area (Å²) in [6.07, 6.45) is 1.65. The van der Waals surface area contributed by atoms with Crippen LogP contribution in [0.2, 0.25) is 0 Å². The second kappa shape index (κ2) is 6.63. The lowest BCUT2D eigenvalue weighted by atomic mass is 10.1. The highest BCUT2D eigenvalue weighted by molar-refractivity contribution is 5.90. The van der Waals surface area contributed by atoms with E-state index >= 15 is 0 Å². The molecule has 0 bridgehead atoms. The molecular weight excluding hydrogens is 247 g/mol. The third-order valence-corrected chi connectivity index (χ3v) is 3.36. The Kier molecular flexibility index (Phi) is 4.87. The van der Waals surface area contributed by atoms with Crippen molar-refractivity contribution in [3.05, 3.63) is 30.1 Å². The zero-order valence-corrected chi connectivity index (χ0v) is 10.8. The van der Waals surface area contributed by atoms with Crippen molar-refractivity contribution in [2.75, 3.05) is 25.0 Å². The monoisotopic (exact) mass is 266 g/mol. The second-order valence-electron chi connectivity index (χ2n) is 4.85. The highest BCUT2D eigenvalue weighted by Gasteiger charge is 2.17. The topological polar surface area (TPSA) is 52.6 Å². The number of hydrogen-bond donors (Lipinski definition) is 2. The molecule has 19 heavy (non-hydrogen) atoms. The van der Waals surface area contributed by atoms with Crippen LogP contribution in [0.5, 0.6) is 0 Å². The maximum absolute atomic E-state index is 13.3. The average molecular weight is 266 g/mol. The van der Waals surface area contributed by atoms with Crippen LogP contribution >= 0.6 is 0 Å². The molecule has 1 heterocycles. The number of carbonyl (C=O) groups is 1. The van der Waals surface area contributed by atoms with Crippen LogP contribution < -0.4 is 5.32 Å². The van der Waals surface area contributed by atoms with Gasteiger partial charge in [0.1, 0.15) is 5.82 Å². The lowest BCUT2D eigenvalue weighted by Gasteiger charge is -2.29. The van der Waals surface area contributed by atoms with E-state index in [2.05, 4.69) is 10.2 Å². The minimum Gasteiger partial charge on any atom is -0.393 e. The lowest BCUT2D eigenvalue weighted by Crippen LogP contribution is -2.37. The molecule has 0 radical (unpaired) electrons. The highest BCUT2D eigenvalue weighted by Crippen LogP contribution is 2.13. The number of carbonyl (C=O) groups excluding carboxylic acids is 1. The molecule has 1 aliphatic heterocycles. The van der Waals surface area contributed by atoms with E-state index in [0.29, 0.717) is 13.0 Å². The number of aliphatic hydroxyl groups excluding tert-OH is 1. The van der Waals surface area contributed by atoms with Gasteiger partial charge in [-0.2, -0.15) is 0 Å². The summed E-state index contributed by atoms with van der Waals surface area (Å²) in [5.74, 6) is -0.604. The van der Waals surface area contributed by atoms with Gasteiger partial charge in [0.25, 0.3) is 0 Å². The number of nitrogens with zero attached hydrogens (tertiary/aromatic N) is 1. The fraction of sp³-hybridized carbons (Fsp3) is 0.500. The number of halogens is 1. The van der Waals surface area contributed by atoms with Gasteiger partial charge in [0.05, 0.1) is 11.8 Å². The van der Waals surface area contributed by atoms with Gasteiger partial charge < -0.3 is 15.3 Å². The molecule has 5 heteroatoms. The average Bonchev–Trinajstić information content (AvgIpc) is 2.41. The van der Waals surface area contributed by atoms with E-state index in [4.69, 9.17) is 0 Å². The van der Waals surface area contributed by atoms with Crippen molar-refractivity contribution < 1.29 is 14.3 Å². The van der Waals surface area contributed by atoms with Crippen LogP contribution in [-0.4, -0.2) is 41.7 Å². The van der Waals surface area contributed by atoms with Gasteiger partial charge in [0, 0.05) is 26.1 Å². The molecule has 4 nitrogen and oxygen atoms in total. The van der Waals surface area contributed by atoms with Gasteiger partial charge in [-0.15, -0.1) is 0 Å². The van der Waals surface area contributed by atoms with E-state index in [1.807, 2.05) is 0 Å². The molecule has 0 atom stereocenters. The zero-order valence-electron chi connectivity index (χ0n) is 10.8. The molecule has 1 fully saturated rings. The van der Waals surface area contributed by atoms with Crippen LogP contribution in [0.1, 0.15) is 19.3 Å². The first-order valence-electron chi connectivity index (χ1n) is 6.60. The van der Waals surface area contributed by atoms with Crippen molar-refractivity contribution in [3.63, 3.8) is 0 Å². The molecule has 0 saturated carbocycles. The summed E-state index contributed by atoms with van der Waals surface area (Å²) < 4.78 is 13.3. The van der Waals surface area contributed by atoms with Crippen LogP contribution in [0.3, 0.4) is 0 Å².